The van der Waals surface area contributed by atoms with Crippen LogP contribution in [0.3, 0.4) is 0 Å². The molecule has 6 saturated heterocycles. The summed E-state index contributed by atoms with van der Waals surface area (Å²) in [6.07, 6.45) is -1.67. The van der Waals surface area contributed by atoms with Gasteiger partial charge >= 0.3 is 12.4 Å². The number of rotatable bonds is 13. The Hall–Kier alpha value is -6.46. The van der Waals surface area contributed by atoms with Gasteiger partial charge in [-0.05, 0) is 142 Å². The van der Waals surface area contributed by atoms with Crippen LogP contribution in [0.15, 0.2) is 70.7 Å². The van der Waals surface area contributed by atoms with E-state index in [1.54, 1.807) is 11.0 Å². The second-order valence-corrected chi connectivity index (χ2v) is 31.5. The summed E-state index contributed by atoms with van der Waals surface area (Å²) in [5.41, 5.74) is 0.878. The summed E-state index contributed by atoms with van der Waals surface area (Å²) in [5, 5.41) is 8.66. The van der Waals surface area contributed by atoms with E-state index in [4.69, 9.17) is 0 Å². The molecule has 12 heterocycles. The van der Waals surface area contributed by atoms with Gasteiger partial charge in [0.15, 0.2) is 19.7 Å². The zero-order valence-electron chi connectivity index (χ0n) is 46.7. The van der Waals surface area contributed by atoms with Crippen LogP contribution in [0.5, 0.6) is 0 Å². The van der Waals surface area contributed by atoms with Crippen molar-refractivity contribution < 1.29 is 52.8 Å². The molecule has 18 rings (SSSR count). The maximum atomic E-state index is 15.5. The fourth-order valence-electron chi connectivity index (χ4n) is 14.1. The summed E-state index contributed by atoms with van der Waals surface area (Å²) in [4.78, 5) is 54.2. The highest BCUT2D eigenvalue weighted by molar-refractivity contribution is 7.92. The van der Waals surface area contributed by atoms with E-state index in [9.17, 15) is 31.2 Å². The average molecular weight is 1270 g/mol. The van der Waals surface area contributed by atoms with E-state index in [0.717, 1.165) is 67.8 Å². The third kappa shape index (κ3) is 9.83. The van der Waals surface area contributed by atoms with Gasteiger partial charge in [-0.2, -0.15) is 26.3 Å². The van der Waals surface area contributed by atoms with Crippen LogP contribution in [0, 0.1) is 5.92 Å². The van der Waals surface area contributed by atoms with Crippen LogP contribution in [-0.2, 0) is 32.0 Å². The van der Waals surface area contributed by atoms with Gasteiger partial charge in [-0.25, -0.2) is 36.8 Å². The van der Waals surface area contributed by atoms with Gasteiger partial charge in [0.1, 0.15) is 20.9 Å². The number of piperazine rings is 2. The second-order valence-electron chi connectivity index (χ2n) is 25.2. The molecule has 4 aromatic heterocycles. The maximum Gasteiger partial charge on any atom is 0.420 e. The largest absolute Gasteiger partial charge is 0.420 e. The minimum Gasteiger partial charge on any atom is -0.368 e. The molecule has 4 bridgehead atoms. The Morgan fingerprint density at radius 3 is 1.68 bits per heavy atom. The maximum absolute atomic E-state index is 15.5. The highest BCUT2D eigenvalue weighted by Crippen LogP contribution is 2.57. The van der Waals surface area contributed by atoms with Crippen molar-refractivity contribution in [2.45, 2.75) is 133 Å². The summed E-state index contributed by atoms with van der Waals surface area (Å²) >= 11 is 1.30. The van der Waals surface area contributed by atoms with E-state index in [1.807, 2.05) is 24.3 Å². The molecule has 87 heavy (non-hydrogen) atoms. The molecule has 2 amide bonds. The first-order chi connectivity index (χ1) is 41.5. The van der Waals surface area contributed by atoms with Gasteiger partial charge in [-0.3, -0.25) is 14.5 Å². The molecular weight excluding hydrogens is 1210 g/mol. The lowest BCUT2D eigenvalue weighted by molar-refractivity contribution is -0.138. The van der Waals surface area contributed by atoms with E-state index < -0.39 is 83.4 Å². The van der Waals surface area contributed by atoms with Gasteiger partial charge in [0.25, 0.3) is 11.8 Å². The predicted molar refractivity (Wildman–Crippen MR) is 314 cm³/mol. The van der Waals surface area contributed by atoms with Crippen molar-refractivity contribution in [1.29, 1.82) is 0 Å². The van der Waals surface area contributed by atoms with E-state index in [0.29, 0.717) is 121 Å². The zero-order valence-corrected chi connectivity index (χ0v) is 50.0. The number of piperidine rings is 2. The lowest BCUT2D eigenvalue weighted by Gasteiger charge is -2.55. The third-order valence-corrected chi connectivity index (χ3v) is 25.9. The van der Waals surface area contributed by atoms with Crippen molar-refractivity contribution >= 4 is 88.8 Å². The fourth-order valence-corrected chi connectivity index (χ4v) is 20.7. The van der Waals surface area contributed by atoms with Crippen LogP contribution >= 0.6 is 22.7 Å². The highest BCUT2D eigenvalue weighted by atomic mass is 32.2. The number of amides is 2. The first-order valence-electron chi connectivity index (χ1n) is 29.6. The molecule has 7 atom stereocenters. The van der Waals surface area contributed by atoms with Crippen molar-refractivity contribution in [3.8, 4) is 21.1 Å². The van der Waals surface area contributed by atoms with Crippen LogP contribution in [-0.4, -0.2) is 157 Å². The number of fused-ring (bicyclic) bond motifs is 6. The van der Waals surface area contributed by atoms with Crippen molar-refractivity contribution in [3.05, 3.63) is 92.9 Å². The number of benzene rings is 2. The Morgan fingerprint density at radius 1 is 0.609 bits per heavy atom. The molecule has 8 aliphatic heterocycles. The first kappa shape index (κ1) is 55.8. The Labute approximate surface area is 504 Å². The number of hydrogen-bond donors (Lipinski definition) is 3. The Balaban J connectivity index is 0.738. The molecule has 10 fully saturated rings. The quantitative estimate of drug-likeness (QED) is 0.0921. The third-order valence-electron chi connectivity index (χ3n) is 19.5. The SMILES string of the molecule is CN1C2CC1CN(c1ccc(Nc3ncc(C(F)(F)F)c(-c4cc5c(s4)C(=O)N(C4CC4)CCS5(=O)=O)n3)c(C3CC3C3CN(C4CC4)C(=O)c4sc(-c5nc(Nc6ccc(N7CC8CC(C7)N8)cc6C6CC6)ncc5C(F)(F)F)cc4S3(=O)=O)c1)C2. The number of hydrogen-bond acceptors (Lipinski definition) is 18. The summed E-state index contributed by atoms with van der Waals surface area (Å²) in [7, 11) is -6.50. The Bertz CT molecular complexity index is 4100. The van der Waals surface area contributed by atoms with Gasteiger partial charge in [-0.15, -0.1) is 22.7 Å². The van der Waals surface area contributed by atoms with Gasteiger partial charge in [0.2, 0.25) is 11.9 Å². The molecule has 18 nitrogen and oxygen atoms in total. The van der Waals surface area contributed by atoms with Crippen molar-refractivity contribution in [2.24, 2.45) is 5.92 Å². The van der Waals surface area contributed by atoms with E-state index in [-0.39, 0.29) is 78.0 Å². The number of thiophene rings is 2. The molecule has 7 unspecified atom stereocenters. The number of carbonyl (C=O) groups excluding carboxylic acids is 2. The lowest BCUT2D eigenvalue weighted by Crippen LogP contribution is -2.67. The molecule has 3 N–H and O–H groups in total. The van der Waals surface area contributed by atoms with Crippen LogP contribution in [0.1, 0.15) is 111 Å². The summed E-state index contributed by atoms with van der Waals surface area (Å²) in [6, 6.07) is 14.9. The standard InChI is InChI=1S/C59H58F6N12O6S4/c1-73-35-15-36(73)26-75(25-35)34-9-11-44(70-57-67-21-41(58(60,61)62)50(71-57)45-19-47-52(84-45)54(78)76(31-4-5-31)12-13-86(47,80)81)39(17-34)38-18-40(38)49-27-77(32-6-7-32)55(79)53-48(87(49,82)83)20-46(85-53)51-42(59(63,64)65)22-66-56(72-51)69-43-10-8-33(16-37(43)28-2-3-28)74-23-29-14-30(24-74)68-29/h8-11,16-17,19-22,28-32,35-36,38,40,49,68H,2-7,12-15,18,23-27H2,1H3,(H,66,69,72)(H,67,70,71). The van der Waals surface area contributed by atoms with E-state index in [1.165, 1.54) is 4.90 Å². The normalized spacial score (nSPS) is 27.4. The molecule has 4 aliphatic carbocycles. The number of aromatic nitrogens is 4. The average Bonchev–Trinajstić information content (AvgIpc) is 1.79. The van der Waals surface area contributed by atoms with Crippen molar-refractivity contribution in [3.63, 3.8) is 0 Å². The minimum absolute atomic E-state index is 0.0266. The molecule has 12 aliphatic rings. The van der Waals surface area contributed by atoms with Crippen molar-refractivity contribution in [2.75, 3.05) is 72.5 Å². The smallest absolute Gasteiger partial charge is 0.368 e. The molecule has 456 valence electrons. The summed E-state index contributed by atoms with van der Waals surface area (Å²) < 4.78 is 148. The molecular formula is C59H58F6N12O6S4. The lowest BCUT2D eigenvalue weighted by atomic mass is 9.88. The number of sulfone groups is 2. The van der Waals surface area contributed by atoms with Crippen LogP contribution < -0.4 is 25.8 Å². The van der Waals surface area contributed by atoms with E-state index in [2.05, 4.69) is 63.7 Å². The molecule has 0 radical (unpaired) electrons. The molecule has 4 saturated carbocycles. The minimum atomic E-state index is -4.99. The number of halogens is 6. The number of anilines is 6. The highest BCUT2D eigenvalue weighted by Gasteiger charge is 2.56. The molecule has 0 spiro atoms. The topological polar surface area (TPSA) is 206 Å². The van der Waals surface area contributed by atoms with Crippen molar-refractivity contribution in [1.82, 2.24) is 40.0 Å². The fraction of sp³-hybridized carbons (Fsp3) is 0.492. The summed E-state index contributed by atoms with van der Waals surface area (Å²) in [5.74, 6) is -2.85. The number of carbonyl (C=O) groups is 2. The van der Waals surface area contributed by atoms with E-state index >= 15 is 21.6 Å². The molecule has 2 aromatic carbocycles. The van der Waals surface area contributed by atoms with Crippen LogP contribution in [0.4, 0.5) is 61.0 Å². The number of alkyl halides is 6. The first-order valence-corrected chi connectivity index (χ1v) is 34.4. The Kier molecular flexibility index (Phi) is 12.7. The van der Waals surface area contributed by atoms with Gasteiger partial charge < -0.3 is 35.6 Å². The summed E-state index contributed by atoms with van der Waals surface area (Å²) in [6.45, 7) is 2.98. The predicted octanol–water partition coefficient (Wildman–Crippen LogP) is 9.53. The van der Waals surface area contributed by atoms with Gasteiger partial charge in [0, 0.05) is 111 Å². The zero-order chi connectivity index (χ0) is 60.0. The number of likely N-dealkylation sites (N-methyl/N-ethyl adjacent to an activating group) is 1. The molecule has 28 heteroatoms. The number of nitrogens with one attached hydrogen (secondary N) is 3. The van der Waals surface area contributed by atoms with Gasteiger partial charge in [-0.1, -0.05) is 0 Å². The number of nitrogens with zero attached hydrogens (tertiary/aromatic N) is 9. The monoisotopic (exact) mass is 1270 g/mol. The van der Waals surface area contributed by atoms with Crippen LogP contribution in [0.2, 0.25) is 0 Å². The van der Waals surface area contributed by atoms with Crippen LogP contribution in [0.25, 0.3) is 21.1 Å². The molecule has 6 aromatic rings. The Morgan fingerprint density at radius 2 is 1.13 bits per heavy atom. The second kappa shape index (κ2) is 19.8. The van der Waals surface area contributed by atoms with Gasteiger partial charge in [0.05, 0.1) is 41.9 Å².